The van der Waals surface area contributed by atoms with Crippen LogP contribution in [0.3, 0.4) is 0 Å². The van der Waals surface area contributed by atoms with Gasteiger partial charge < -0.3 is 14.0 Å². The van der Waals surface area contributed by atoms with Crippen molar-refractivity contribution in [2.24, 2.45) is 11.8 Å². The van der Waals surface area contributed by atoms with Crippen molar-refractivity contribution < 1.29 is 18.4 Å². The van der Waals surface area contributed by atoms with Gasteiger partial charge in [-0.25, -0.2) is 9.37 Å². The fourth-order valence-electron chi connectivity index (χ4n) is 4.63. The number of ether oxygens (including phenoxy) is 2. The molecule has 7 heteroatoms. The van der Waals surface area contributed by atoms with Crippen molar-refractivity contribution in [3.8, 4) is 11.6 Å². The van der Waals surface area contributed by atoms with Crippen molar-refractivity contribution in [2.75, 3.05) is 19.8 Å². The van der Waals surface area contributed by atoms with Gasteiger partial charge in [-0.15, -0.1) is 0 Å². The second kappa shape index (κ2) is 7.72. The third-order valence-corrected chi connectivity index (χ3v) is 5.95. The highest BCUT2D eigenvalue weighted by Gasteiger charge is 2.46. The van der Waals surface area contributed by atoms with Gasteiger partial charge in [0.1, 0.15) is 17.3 Å². The Bertz CT molecular complexity index is 1050. The summed E-state index contributed by atoms with van der Waals surface area (Å²) in [5.41, 5.74) is 2.69. The van der Waals surface area contributed by atoms with Crippen LogP contribution in [-0.2, 0) is 6.54 Å². The molecule has 0 unspecified atom stereocenters. The van der Waals surface area contributed by atoms with Crippen LogP contribution in [0, 0.1) is 31.5 Å². The summed E-state index contributed by atoms with van der Waals surface area (Å²) in [5, 5.41) is 4.16. The minimum Gasteiger partial charge on any atom is -0.493 e. The molecule has 156 valence electrons. The molecule has 0 radical (unpaired) electrons. The van der Waals surface area contributed by atoms with Crippen LogP contribution in [0.15, 0.2) is 47.0 Å². The van der Waals surface area contributed by atoms with E-state index >= 15 is 0 Å². The lowest BCUT2D eigenvalue weighted by molar-refractivity contribution is 0.120. The molecule has 1 saturated heterocycles. The first kappa shape index (κ1) is 19.1. The zero-order chi connectivity index (χ0) is 20.7. The first-order valence-electron chi connectivity index (χ1n) is 10.2. The van der Waals surface area contributed by atoms with Gasteiger partial charge in [0.05, 0.1) is 18.9 Å². The number of nitrogens with zero attached hydrogens (tertiary/aromatic N) is 3. The number of benzene rings is 1. The van der Waals surface area contributed by atoms with E-state index in [1.54, 1.807) is 12.1 Å². The SMILES string of the molecule is Cc1cccc(OC[C@@H]2CN(Cc3cc(C)on3)[C@H]3c4cc(F)ccc4OC[C@@H]23)n1. The second-order valence-corrected chi connectivity index (χ2v) is 8.15. The number of rotatable bonds is 5. The smallest absolute Gasteiger partial charge is 0.213 e. The maximum atomic E-state index is 14.1. The summed E-state index contributed by atoms with van der Waals surface area (Å²) in [5.74, 6) is 2.32. The molecule has 2 aliphatic rings. The molecule has 0 bridgehead atoms. The van der Waals surface area contributed by atoms with Gasteiger partial charge in [0, 0.05) is 54.4 Å². The molecule has 5 rings (SSSR count). The van der Waals surface area contributed by atoms with E-state index < -0.39 is 0 Å². The standard InChI is InChI=1S/C23H24FN3O3/c1-14-4-3-5-22(25-14)29-12-16-10-27(11-18-8-15(2)30-26-18)23-19-9-17(24)6-7-21(19)28-13-20(16)23/h3-9,16,20,23H,10-13H2,1-2H3/t16-,20-,23-/m0/s1. The number of fused-ring (bicyclic) bond motifs is 3. The van der Waals surface area contributed by atoms with Crippen LogP contribution in [0.1, 0.15) is 28.8 Å². The average Bonchev–Trinajstić information content (AvgIpc) is 3.30. The van der Waals surface area contributed by atoms with E-state index in [9.17, 15) is 4.39 Å². The highest BCUT2D eigenvalue weighted by Crippen LogP contribution is 2.48. The van der Waals surface area contributed by atoms with Gasteiger partial charge in [0.15, 0.2) is 0 Å². The summed E-state index contributed by atoms with van der Waals surface area (Å²) < 4.78 is 31.4. The fourth-order valence-corrected chi connectivity index (χ4v) is 4.63. The summed E-state index contributed by atoms with van der Waals surface area (Å²) >= 11 is 0. The highest BCUT2D eigenvalue weighted by molar-refractivity contribution is 5.39. The molecule has 2 aromatic heterocycles. The molecule has 2 aliphatic heterocycles. The number of likely N-dealkylation sites (tertiary alicyclic amines) is 1. The lowest BCUT2D eigenvalue weighted by Crippen LogP contribution is -2.32. The Hall–Kier alpha value is -2.93. The lowest BCUT2D eigenvalue weighted by Gasteiger charge is -2.34. The van der Waals surface area contributed by atoms with Gasteiger partial charge >= 0.3 is 0 Å². The van der Waals surface area contributed by atoms with Gasteiger partial charge in [-0.2, -0.15) is 0 Å². The van der Waals surface area contributed by atoms with E-state index in [4.69, 9.17) is 14.0 Å². The minimum atomic E-state index is -0.251. The minimum absolute atomic E-state index is 0.0422. The largest absolute Gasteiger partial charge is 0.493 e. The Morgan fingerprint density at radius 2 is 2.10 bits per heavy atom. The zero-order valence-corrected chi connectivity index (χ0v) is 17.0. The van der Waals surface area contributed by atoms with Gasteiger partial charge in [-0.1, -0.05) is 11.2 Å². The van der Waals surface area contributed by atoms with E-state index in [1.165, 1.54) is 6.07 Å². The van der Waals surface area contributed by atoms with Gasteiger partial charge in [-0.05, 0) is 38.1 Å². The molecule has 0 N–H and O–H groups in total. The van der Waals surface area contributed by atoms with E-state index in [0.717, 1.165) is 35.0 Å². The van der Waals surface area contributed by atoms with Crippen molar-refractivity contribution >= 4 is 0 Å². The van der Waals surface area contributed by atoms with E-state index in [0.29, 0.717) is 25.6 Å². The number of hydrogen-bond acceptors (Lipinski definition) is 6. The van der Waals surface area contributed by atoms with Gasteiger partial charge in [0.2, 0.25) is 5.88 Å². The molecular weight excluding hydrogens is 385 g/mol. The molecule has 30 heavy (non-hydrogen) atoms. The van der Waals surface area contributed by atoms with Crippen molar-refractivity contribution in [3.05, 3.63) is 71.0 Å². The zero-order valence-electron chi connectivity index (χ0n) is 17.0. The first-order valence-corrected chi connectivity index (χ1v) is 10.2. The van der Waals surface area contributed by atoms with Crippen LogP contribution in [-0.4, -0.2) is 34.8 Å². The Kier molecular flexibility index (Phi) is 4.90. The Labute approximate surface area is 174 Å². The quantitative estimate of drug-likeness (QED) is 0.633. The molecule has 0 spiro atoms. The molecule has 4 heterocycles. The molecule has 0 amide bonds. The summed E-state index contributed by atoms with van der Waals surface area (Å²) in [6.45, 7) is 6.36. The Morgan fingerprint density at radius 1 is 1.20 bits per heavy atom. The molecular formula is C23H24FN3O3. The molecule has 0 aliphatic carbocycles. The molecule has 6 nitrogen and oxygen atoms in total. The maximum Gasteiger partial charge on any atom is 0.213 e. The van der Waals surface area contributed by atoms with Gasteiger partial charge in [0.25, 0.3) is 0 Å². The average molecular weight is 409 g/mol. The van der Waals surface area contributed by atoms with Crippen molar-refractivity contribution in [2.45, 2.75) is 26.4 Å². The van der Waals surface area contributed by atoms with E-state index in [2.05, 4.69) is 15.0 Å². The van der Waals surface area contributed by atoms with Crippen molar-refractivity contribution in [1.82, 2.24) is 15.0 Å². The molecule has 3 aromatic rings. The summed E-state index contributed by atoms with van der Waals surface area (Å²) in [6.07, 6.45) is 0. The van der Waals surface area contributed by atoms with Crippen LogP contribution in [0.4, 0.5) is 4.39 Å². The summed E-state index contributed by atoms with van der Waals surface area (Å²) in [6, 6.07) is 12.5. The number of pyridine rings is 1. The number of aryl methyl sites for hydroxylation is 2. The van der Waals surface area contributed by atoms with Crippen LogP contribution in [0.2, 0.25) is 0 Å². The topological polar surface area (TPSA) is 60.6 Å². The summed E-state index contributed by atoms with van der Waals surface area (Å²) in [4.78, 5) is 6.77. The van der Waals surface area contributed by atoms with E-state index in [-0.39, 0.29) is 23.7 Å². The molecule has 3 atom stereocenters. The van der Waals surface area contributed by atoms with Crippen LogP contribution in [0.25, 0.3) is 0 Å². The predicted octanol–water partition coefficient (Wildman–Crippen LogP) is 4.09. The molecule has 1 fully saturated rings. The number of hydrogen-bond donors (Lipinski definition) is 0. The normalized spacial score (nSPS) is 23.0. The lowest BCUT2D eigenvalue weighted by atomic mass is 9.85. The number of halogens is 1. The second-order valence-electron chi connectivity index (χ2n) is 8.15. The van der Waals surface area contributed by atoms with Crippen molar-refractivity contribution in [3.63, 3.8) is 0 Å². The monoisotopic (exact) mass is 409 g/mol. The maximum absolute atomic E-state index is 14.1. The highest BCUT2D eigenvalue weighted by atomic mass is 19.1. The first-order chi connectivity index (χ1) is 14.6. The fraction of sp³-hybridized carbons (Fsp3) is 0.391. The Morgan fingerprint density at radius 3 is 2.90 bits per heavy atom. The van der Waals surface area contributed by atoms with Crippen molar-refractivity contribution in [1.29, 1.82) is 0 Å². The third kappa shape index (κ3) is 3.65. The third-order valence-electron chi connectivity index (χ3n) is 5.95. The molecule has 0 saturated carbocycles. The van der Waals surface area contributed by atoms with E-state index in [1.807, 2.05) is 38.1 Å². The summed E-state index contributed by atoms with van der Waals surface area (Å²) in [7, 11) is 0. The van der Waals surface area contributed by atoms with Crippen LogP contribution < -0.4 is 9.47 Å². The van der Waals surface area contributed by atoms with Crippen LogP contribution >= 0.6 is 0 Å². The van der Waals surface area contributed by atoms with Gasteiger partial charge in [-0.3, -0.25) is 4.90 Å². The Balaban J connectivity index is 1.41. The predicted molar refractivity (Wildman–Crippen MR) is 108 cm³/mol. The number of aromatic nitrogens is 2. The molecule has 1 aromatic carbocycles. The van der Waals surface area contributed by atoms with Crippen LogP contribution in [0.5, 0.6) is 11.6 Å².